The third-order valence-electron chi connectivity index (χ3n) is 7.83. The summed E-state index contributed by atoms with van der Waals surface area (Å²) in [6, 6.07) is 8.66. The van der Waals surface area contributed by atoms with Crippen LogP contribution in [0.1, 0.15) is 53.4 Å². The van der Waals surface area contributed by atoms with Crippen molar-refractivity contribution in [1.82, 2.24) is 24.5 Å². The number of hydrogen-bond acceptors (Lipinski definition) is 10. The molecule has 0 atom stereocenters. The van der Waals surface area contributed by atoms with Crippen LogP contribution < -0.4 is 10.5 Å². The van der Waals surface area contributed by atoms with E-state index in [1.165, 1.54) is 52.8 Å². The summed E-state index contributed by atoms with van der Waals surface area (Å²) >= 11 is 7.22. The quantitative estimate of drug-likeness (QED) is 0.235. The average Bonchev–Trinajstić information content (AvgIpc) is 3.73. The summed E-state index contributed by atoms with van der Waals surface area (Å²) in [6.45, 7) is 5.02. The van der Waals surface area contributed by atoms with Crippen LogP contribution in [0.25, 0.3) is 21.7 Å². The standard InChI is InChI=1S/C22H16ClF3N4O6S.C8H18N2/c23-16-4-3-15(37-16)14-5-10(28-36-14)6-30-12-1-2-13(35-9-22(24,25)26)17(18(12)27-19(30)21(33)34)20(32)29-7-11(31)8-29;1-7(2)10-5-3-8(9)4-6-10/h1-5,11,31H,6-9H2,(H,33,34);7-8H,3-6,9H2,1-2H3. The smallest absolute Gasteiger partial charge is 0.422 e. The number of nitrogens with zero attached hydrogens (tertiary/aromatic N) is 5. The fourth-order valence-electron chi connectivity index (χ4n) is 5.31. The van der Waals surface area contributed by atoms with Crippen LogP contribution in [0.15, 0.2) is 34.9 Å². The van der Waals surface area contributed by atoms with Crippen LogP contribution >= 0.6 is 22.9 Å². The number of thiophene rings is 1. The second-order valence-corrected chi connectivity index (χ2v) is 13.4. The molecule has 0 radical (unpaired) electrons. The zero-order valence-corrected chi connectivity index (χ0v) is 27.1. The molecule has 0 unspecified atom stereocenters. The van der Waals surface area contributed by atoms with Gasteiger partial charge in [0.25, 0.3) is 5.91 Å². The molecule has 0 spiro atoms. The predicted molar refractivity (Wildman–Crippen MR) is 168 cm³/mol. The van der Waals surface area contributed by atoms with E-state index in [0.717, 1.165) is 6.07 Å². The molecule has 0 saturated carbocycles. The molecule has 4 N–H and O–H groups in total. The molecule has 4 aromatic rings. The van der Waals surface area contributed by atoms with E-state index in [-0.39, 0.29) is 36.2 Å². The lowest BCUT2D eigenvalue weighted by Gasteiger charge is -2.36. The molecule has 254 valence electrons. The number of carbonyl (C=O) groups excluding carboxylic acids is 1. The van der Waals surface area contributed by atoms with Gasteiger partial charge in [0.1, 0.15) is 22.5 Å². The number of aliphatic hydroxyl groups excluding tert-OH is 1. The van der Waals surface area contributed by atoms with Crippen molar-refractivity contribution in [1.29, 1.82) is 0 Å². The Morgan fingerprint density at radius 3 is 2.47 bits per heavy atom. The Morgan fingerprint density at radius 1 is 1.19 bits per heavy atom. The first-order valence-electron chi connectivity index (χ1n) is 14.8. The highest BCUT2D eigenvalue weighted by molar-refractivity contribution is 7.19. The molecule has 5 heterocycles. The van der Waals surface area contributed by atoms with E-state index in [4.69, 9.17) is 26.6 Å². The van der Waals surface area contributed by atoms with Crippen molar-refractivity contribution >= 4 is 45.8 Å². The summed E-state index contributed by atoms with van der Waals surface area (Å²) in [7, 11) is 0. The van der Waals surface area contributed by atoms with Crippen LogP contribution in [-0.2, 0) is 6.54 Å². The second-order valence-electron chi connectivity index (χ2n) is 11.7. The van der Waals surface area contributed by atoms with Crippen LogP contribution in [0.4, 0.5) is 13.2 Å². The van der Waals surface area contributed by atoms with Gasteiger partial charge in [0.2, 0.25) is 5.82 Å². The lowest BCUT2D eigenvalue weighted by molar-refractivity contribution is -0.153. The first-order valence-corrected chi connectivity index (χ1v) is 16.0. The van der Waals surface area contributed by atoms with Crippen molar-refractivity contribution in [2.75, 3.05) is 32.8 Å². The molecule has 1 amide bonds. The van der Waals surface area contributed by atoms with Crippen molar-refractivity contribution in [2.24, 2.45) is 5.73 Å². The van der Waals surface area contributed by atoms with E-state index >= 15 is 0 Å². The molecular formula is C30H34ClF3N6O6S. The van der Waals surface area contributed by atoms with E-state index in [0.29, 0.717) is 32.8 Å². The Labute approximate surface area is 276 Å². The number of likely N-dealkylation sites (tertiary alicyclic amines) is 2. The number of carbonyl (C=O) groups is 2. The Balaban J connectivity index is 0.000000371. The Morgan fingerprint density at radius 2 is 1.89 bits per heavy atom. The minimum absolute atomic E-state index is 0.0329. The number of carboxylic acid groups (broad SMARTS) is 1. The van der Waals surface area contributed by atoms with Gasteiger partial charge < -0.3 is 39.6 Å². The van der Waals surface area contributed by atoms with Gasteiger partial charge in [-0.05, 0) is 64.0 Å². The zero-order chi connectivity index (χ0) is 34.0. The van der Waals surface area contributed by atoms with Crippen molar-refractivity contribution in [2.45, 2.75) is 57.6 Å². The van der Waals surface area contributed by atoms with E-state index in [9.17, 15) is 33.0 Å². The van der Waals surface area contributed by atoms with Gasteiger partial charge in [0.05, 0.1) is 27.4 Å². The van der Waals surface area contributed by atoms with Crippen molar-refractivity contribution < 1.29 is 42.2 Å². The number of aromatic nitrogens is 3. The maximum absolute atomic E-state index is 13.2. The molecule has 2 fully saturated rings. The first kappa shape index (κ1) is 34.6. The number of amides is 1. The topological polar surface area (TPSA) is 160 Å². The number of hydrogen-bond donors (Lipinski definition) is 3. The van der Waals surface area contributed by atoms with Gasteiger partial charge in [-0.3, -0.25) is 4.79 Å². The number of nitrogens with two attached hydrogens (primary N) is 1. The number of imidazole rings is 1. The van der Waals surface area contributed by atoms with Crippen LogP contribution in [0.2, 0.25) is 4.34 Å². The van der Waals surface area contributed by atoms with Gasteiger partial charge in [-0.2, -0.15) is 13.2 Å². The highest BCUT2D eigenvalue weighted by Gasteiger charge is 2.35. The molecule has 17 heteroatoms. The van der Waals surface area contributed by atoms with Crippen LogP contribution in [0.3, 0.4) is 0 Å². The molecular weight excluding hydrogens is 665 g/mol. The Hall–Kier alpha value is -3.70. The number of rotatable bonds is 8. The number of ether oxygens (including phenoxy) is 1. The molecule has 47 heavy (non-hydrogen) atoms. The molecule has 0 bridgehead atoms. The zero-order valence-electron chi connectivity index (χ0n) is 25.5. The maximum Gasteiger partial charge on any atom is 0.422 e. The number of aliphatic hydroxyl groups is 1. The molecule has 6 rings (SSSR count). The number of halogens is 4. The number of piperidine rings is 1. The van der Waals surface area contributed by atoms with Gasteiger partial charge in [-0.25, -0.2) is 9.78 Å². The summed E-state index contributed by atoms with van der Waals surface area (Å²) in [5, 5.41) is 23.3. The maximum atomic E-state index is 13.2. The molecule has 2 aliphatic heterocycles. The second kappa shape index (κ2) is 14.2. The molecule has 2 saturated heterocycles. The highest BCUT2D eigenvalue weighted by atomic mass is 35.5. The van der Waals surface area contributed by atoms with Crippen molar-refractivity contribution in [3.05, 3.63) is 51.7 Å². The van der Waals surface area contributed by atoms with Gasteiger partial charge in [-0.15, -0.1) is 11.3 Å². The van der Waals surface area contributed by atoms with Gasteiger partial charge in [0.15, 0.2) is 12.4 Å². The Kier molecular flexibility index (Phi) is 10.5. The highest BCUT2D eigenvalue weighted by Crippen LogP contribution is 2.34. The predicted octanol–water partition coefficient (Wildman–Crippen LogP) is 4.73. The van der Waals surface area contributed by atoms with Crippen molar-refractivity contribution in [3.63, 3.8) is 0 Å². The van der Waals surface area contributed by atoms with Crippen LogP contribution in [-0.4, -0.2) is 104 Å². The van der Waals surface area contributed by atoms with E-state index in [1.807, 2.05) is 0 Å². The summed E-state index contributed by atoms with van der Waals surface area (Å²) in [4.78, 5) is 33.7. The summed E-state index contributed by atoms with van der Waals surface area (Å²) < 4.78 is 50.6. The monoisotopic (exact) mass is 698 g/mol. The molecule has 3 aromatic heterocycles. The van der Waals surface area contributed by atoms with E-state index < -0.39 is 42.3 Å². The summed E-state index contributed by atoms with van der Waals surface area (Å²) in [6.07, 6.45) is -3.09. The normalized spacial score (nSPS) is 16.3. The van der Waals surface area contributed by atoms with E-state index in [2.05, 4.69) is 28.9 Å². The average molecular weight is 699 g/mol. The fraction of sp³-hybridized carbons (Fsp3) is 0.467. The number of aromatic carboxylic acids is 1. The number of carboxylic acids is 1. The van der Waals surface area contributed by atoms with Gasteiger partial charge >= 0.3 is 12.1 Å². The number of alkyl halides is 3. The number of benzene rings is 1. The fourth-order valence-corrected chi connectivity index (χ4v) is 6.30. The SMILES string of the molecule is CC(C)N1CCC(N)CC1.O=C(O)c1nc2c(C(=O)N3CC(O)C3)c(OCC(F)(F)F)ccc2n1Cc1cc(-c2ccc(Cl)s2)on1. The minimum Gasteiger partial charge on any atom is -0.483 e. The lowest BCUT2D eigenvalue weighted by atomic mass is 10.1. The van der Waals surface area contributed by atoms with Crippen molar-refractivity contribution in [3.8, 4) is 16.4 Å². The summed E-state index contributed by atoms with van der Waals surface area (Å²) in [5.41, 5.74) is 5.77. The summed E-state index contributed by atoms with van der Waals surface area (Å²) in [5.74, 6) is -2.64. The number of β-amino-alcohol motifs (C(OH)–C–C–N with tert-alkyl or cyclic N) is 1. The van der Waals surface area contributed by atoms with E-state index in [1.54, 1.807) is 18.2 Å². The molecule has 1 aromatic carbocycles. The first-order chi connectivity index (χ1) is 22.2. The lowest BCUT2D eigenvalue weighted by Crippen LogP contribution is -2.53. The Bertz CT molecular complexity index is 1730. The molecule has 12 nitrogen and oxygen atoms in total. The third-order valence-corrected chi connectivity index (χ3v) is 9.07. The van der Waals surface area contributed by atoms with Gasteiger partial charge in [-0.1, -0.05) is 16.8 Å². The van der Waals surface area contributed by atoms with Gasteiger partial charge in [0, 0.05) is 31.2 Å². The largest absolute Gasteiger partial charge is 0.483 e. The van der Waals surface area contributed by atoms with Crippen LogP contribution in [0.5, 0.6) is 5.75 Å². The third kappa shape index (κ3) is 8.24. The molecule has 2 aliphatic rings. The number of fused-ring (bicyclic) bond motifs is 1. The van der Waals surface area contributed by atoms with Crippen LogP contribution in [0, 0.1) is 0 Å². The minimum atomic E-state index is -4.68. The molecule has 0 aliphatic carbocycles.